The van der Waals surface area contributed by atoms with E-state index in [2.05, 4.69) is 41.5 Å². The maximum Gasteiger partial charge on any atom is 0.309 e. The number of imide groups is 4. The van der Waals surface area contributed by atoms with Crippen LogP contribution >= 0.6 is 0 Å². The second-order valence-electron chi connectivity index (χ2n) is 28.9. The van der Waals surface area contributed by atoms with Crippen LogP contribution in [0.2, 0.25) is 0 Å². The number of aromatic nitrogens is 4. The fourth-order valence-corrected chi connectivity index (χ4v) is 15.3. The SMILES string of the molecule is CNCCCCCNc1cccc2c1C(=O)N(C1CCC(=O)NC1=O)C2=O.COc1cc(-c2cn(C)c(=O)c3cnccc23)cc(OC)c1CN1CC(C(=O)N(C)CCCCCNc2cccc3c2C(=O)N(C2CCC(=O)NC2=O)C3=O)C1.COc1cc(-c2cn(C)c(=O)c3cnccc23)cc(OC)c1CN1CC(C(=O)O)C1.O=CO. The highest BCUT2D eigenvalue weighted by molar-refractivity contribution is 6.26. The number of ether oxygens (including phenoxy) is 4. The third kappa shape index (κ3) is 18.2. The molecule has 0 saturated carbocycles. The van der Waals surface area contributed by atoms with Crippen LogP contribution in [-0.2, 0) is 60.7 Å². The van der Waals surface area contributed by atoms with Crippen molar-refractivity contribution in [3.05, 3.63) is 164 Å². The molecule has 4 aromatic carbocycles. The molecule has 4 fully saturated rings. The number of anilines is 2. The summed E-state index contributed by atoms with van der Waals surface area (Å²) >= 11 is 0. The van der Waals surface area contributed by atoms with E-state index in [0.717, 1.165) is 99.0 Å². The Hall–Kier alpha value is -12.8. The number of piperidine rings is 2. The number of likely N-dealkylation sites (tertiary alicyclic amines) is 2. The number of carboxylic acid groups (broad SMARTS) is 2. The maximum absolute atomic E-state index is 13.3. The molecule has 4 aromatic heterocycles. The summed E-state index contributed by atoms with van der Waals surface area (Å²) in [4.78, 5) is 174. The third-order valence-electron chi connectivity index (χ3n) is 21.4. The molecule has 33 nitrogen and oxygen atoms in total. The second-order valence-corrected chi connectivity index (χ2v) is 28.9. The zero-order valence-corrected chi connectivity index (χ0v) is 65.8. The standard InChI is InChI=1S/C41H45N7O8.C22H23N3O5.C19H24N4O4.CH2O2/c1-45(16-7-5-6-14-43-31-10-8-9-27-36(31)41(54)48(40(27)53)32-11-12-35(49)44-37(32)50)38(51)25-20-47(21-25)23-30-33(55-3)17-24(18-34(30)56-4)29-22-46(2)39(52)28-19-42-15-13-26(28)29;1-24-11-17(15-4-5-23-8-16(15)21(24)26)13-6-19(29-2)18(20(7-13)30-3)12-25-9-14(10-25)22(27)28;1-20-10-3-2-4-11-21-13-7-5-6-12-16(13)19(27)23(18(12)26)14-8-9-15(24)22-17(14)25;2-1-3/h8-10,13,15,17-19,22,25,32,43H,5-7,11-12,14,16,20-21,23H2,1-4H3,(H,44,49,50);4-8,11,14H,9-10,12H2,1-3H3,(H,27,28);5-7,14,20-21H,2-4,8-11H2,1H3,(H,22,24,25);1H,(H,2,3). The number of carbonyl (C=O) groups is 11. The Kier molecular flexibility index (Phi) is 27.5. The Morgan fingerprint density at radius 2 is 0.940 bits per heavy atom. The van der Waals surface area contributed by atoms with Gasteiger partial charge in [-0.3, -0.25) is 103 Å². The Morgan fingerprint density at radius 3 is 1.33 bits per heavy atom. The van der Waals surface area contributed by atoms with Crippen molar-refractivity contribution in [2.24, 2.45) is 25.9 Å². The van der Waals surface area contributed by atoms with Crippen LogP contribution in [-0.4, -0.2) is 226 Å². The Labute approximate surface area is 667 Å². The van der Waals surface area contributed by atoms with Gasteiger partial charge in [0.15, 0.2) is 0 Å². The van der Waals surface area contributed by atoms with Crippen molar-refractivity contribution in [2.45, 2.75) is 89.4 Å². The van der Waals surface area contributed by atoms with E-state index in [9.17, 15) is 57.5 Å². The average molecular weight is 1590 g/mol. The summed E-state index contributed by atoms with van der Waals surface area (Å²) in [5, 5.41) is 32.7. The van der Waals surface area contributed by atoms with Gasteiger partial charge in [0, 0.05) is 153 Å². The number of hydrogen-bond donors (Lipinski definition) is 7. The largest absolute Gasteiger partial charge is 0.496 e. The fraction of sp³-hybridized carbons (Fsp3) is 0.386. The maximum atomic E-state index is 13.3. The van der Waals surface area contributed by atoms with E-state index in [1.54, 1.807) is 119 Å². The summed E-state index contributed by atoms with van der Waals surface area (Å²) in [5.74, 6) is -2.56. The van der Waals surface area contributed by atoms with Gasteiger partial charge in [-0.05, 0) is 141 Å². The van der Waals surface area contributed by atoms with E-state index in [-0.39, 0.29) is 78.1 Å². The summed E-state index contributed by atoms with van der Waals surface area (Å²) in [5.41, 5.74) is 7.15. The molecule has 2 unspecified atom stereocenters. The minimum Gasteiger partial charge on any atom is -0.496 e. The van der Waals surface area contributed by atoms with Crippen LogP contribution in [0.4, 0.5) is 11.4 Å². The van der Waals surface area contributed by atoms with E-state index in [1.807, 2.05) is 61.6 Å². The number of fused-ring (bicyclic) bond motifs is 4. The monoisotopic (exact) mass is 1590 g/mol. The highest BCUT2D eigenvalue weighted by Crippen LogP contribution is 2.42. The number of aliphatic carboxylic acids is 1. The van der Waals surface area contributed by atoms with E-state index in [4.69, 9.17) is 34.0 Å². The third-order valence-corrected chi connectivity index (χ3v) is 21.4. The number of benzene rings is 4. The van der Waals surface area contributed by atoms with Gasteiger partial charge in [0.2, 0.25) is 29.5 Å². The first-order valence-corrected chi connectivity index (χ1v) is 38.1. The molecule has 610 valence electrons. The van der Waals surface area contributed by atoms with E-state index in [0.29, 0.717) is 115 Å². The van der Waals surface area contributed by atoms with Crippen LogP contribution in [0.1, 0.15) is 117 Å². The lowest BCUT2D eigenvalue weighted by Crippen LogP contribution is -2.54. The van der Waals surface area contributed by atoms with Crippen molar-refractivity contribution in [3.63, 3.8) is 0 Å². The summed E-state index contributed by atoms with van der Waals surface area (Å²) in [6, 6.07) is 19.6. The van der Waals surface area contributed by atoms with Gasteiger partial charge in [0.05, 0.1) is 84.4 Å². The van der Waals surface area contributed by atoms with Gasteiger partial charge in [-0.1, -0.05) is 18.6 Å². The molecular weight excluding hydrogens is 1500 g/mol. The Balaban J connectivity index is 0.000000185. The predicted octanol–water partition coefficient (Wildman–Crippen LogP) is 5.92. The van der Waals surface area contributed by atoms with Crippen molar-refractivity contribution in [1.82, 2.24) is 59.6 Å². The highest BCUT2D eigenvalue weighted by atomic mass is 16.5. The van der Waals surface area contributed by atoms with Crippen LogP contribution in [0.5, 0.6) is 23.0 Å². The van der Waals surface area contributed by atoms with Crippen LogP contribution in [0.15, 0.2) is 120 Å². The van der Waals surface area contributed by atoms with Gasteiger partial charge in [-0.15, -0.1) is 0 Å². The number of carboxylic acids is 1. The Morgan fingerprint density at radius 1 is 0.543 bits per heavy atom. The van der Waals surface area contributed by atoms with Crippen LogP contribution in [0.25, 0.3) is 43.8 Å². The van der Waals surface area contributed by atoms with Crippen LogP contribution in [0, 0.1) is 11.8 Å². The molecule has 6 aliphatic rings. The first-order valence-electron chi connectivity index (χ1n) is 38.1. The van der Waals surface area contributed by atoms with Crippen LogP contribution in [0.3, 0.4) is 0 Å². The van der Waals surface area contributed by atoms with Crippen LogP contribution < -0.4 is 56.6 Å². The van der Waals surface area contributed by atoms with Gasteiger partial charge in [0.1, 0.15) is 35.1 Å². The molecule has 0 spiro atoms. The molecule has 0 aliphatic carbocycles. The summed E-state index contributed by atoms with van der Waals surface area (Å²) < 4.78 is 26.1. The quantitative estimate of drug-likeness (QED) is 0.0170. The second kappa shape index (κ2) is 37.9. The predicted molar refractivity (Wildman–Crippen MR) is 427 cm³/mol. The highest BCUT2D eigenvalue weighted by Gasteiger charge is 2.48. The number of hydrogen-bond acceptors (Lipinski definition) is 24. The zero-order chi connectivity index (χ0) is 83.2. The van der Waals surface area contributed by atoms with Crippen molar-refractivity contribution >= 4 is 98.5 Å². The molecule has 33 heteroatoms. The van der Waals surface area contributed by atoms with Gasteiger partial charge in [0.25, 0.3) is 41.2 Å². The van der Waals surface area contributed by atoms with E-state index < -0.39 is 59.4 Å². The van der Waals surface area contributed by atoms with E-state index in [1.165, 1.54) is 4.57 Å². The molecule has 0 radical (unpaired) electrons. The Bertz CT molecular complexity index is 5220. The summed E-state index contributed by atoms with van der Waals surface area (Å²) in [7, 11) is 13.6. The lowest BCUT2D eigenvalue weighted by molar-refractivity contribution is -0.148. The first kappa shape index (κ1) is 84.2. The molecule has 6 aliphatic heterocycles. The first-order chi connectivity index (χ1) is 55.9. The number of nitrogens with one attached hydrogen (secondary N) is 5. The lowest BCUT2D eigenvalue weighted by atomic mass is 9.95. The minimum absolute atomic E-state index is 0.0641. The number of carbonyl (C=O) groups excluding carboxylic acids is 9. The smallest absolute Gasteiger partial charge is 0.309 e. The molecule has 116 heavy (non-hydrogen) atoms. The molecule has 4 saturated heterocycles. The molecule has 2 atom stereocenters. The van der Waals surface area contributed by atoms with Gasteiger partial charge < -0.3 is 59.1 Å². The summed E-state index contributed by atoms with van der Waals surface area (Å²) in [6.07, 6.45) is 16.0. The minimum atomic E-state index is -1.01. The molecule has 14 rings (SSSR count). The average Bonchev–Trinajstić information content (AvgIpc) is 1.40. The molecule has 9 amide bonds. The topological polar surface area (TPSA) is 411 Å². The summed E-state index contributed by atoms with van der Waals surface area (Å²) in [6.45, 7) is 5.89. The fourth-order valence-electron chi connectivity index (χ4n) is 15.3. The van der Waals surface area contributed by atoms with Gasteiger partial charge in [-0.25, -0.2) is 0 Å². The van der Waals surface area contributed by atoms with Gasteiger partial charge >= 0.3 is 5.97 Å². The number of nitrogens with zero attached hydrogens (tertiary/aromatic N) is 9. The van der Waals surface area contributed by atoms with Crippen molar-refractivity contribution in [3.8, 4) is 45.3 Å². The number of unbranched alkanes of at least 4 members (excludes halogenated alkanes) is 4. The number of pyridine rings is 4. The van der Waals surface area contributed by atoms with Crippen molar-refractivity contribution in [2.75, 3.05) is 106 Å². The number of amides is 9. The molecule has 10 heterocycles. The molecule has 0 bridgehead atoms. The zero-order valence-electron chi connectivity index (χ0n) is 65.8. The van der Waals surface area contributed by atoms with Crippen molar-refractivity contribution in [1.29, 1.82) is 0 Å². The van der Waals surface area contributed by atoms with Crippen molar-refractivity contribution < 1.29 is 81.9 Å². The normalized spacial score (nSPS) is 16.6. The number of rotatable bonds is 28. The molecule has 7 N–H and O–H groups in total. The number of methoxy groups -OCH3 is 4. The lowest BCUT2D eigenvalue weighted by Gasteiger charge is -2.40. The number of aryl methyl sites for hydroxylation is 2. The van der Waals surface area contributed by atoms with Gasteiger partial charge in [-0.2, -0.15) is 0 Å². The molecular formula is C83H94N14O19. The van der Waals surface area contributed by atoms with E-state index >= 15 is 0 Å². The molecule has 8 aromatic rings.